The average molecular weight is 271 g/mol. The zero-order valence-electron chi connectivity index (χ0n) is 10.2. The van der Waals surface area contributed by atoms with E-state index in [0.717, 1.165) is 18.7 Å². The number of nitrogens with zero attached hydrogens (tertiary/aromatic N) is 1. The first-order valence-corrected chi connectivity index (χ1v) is 5.97. The Kier molecular flexibility index (Phi) is 5.95. The number of ether oxygens (including phenoxy) is 1. The van der Waals surface area contributed by atoms with Gasteiger partial charge in [0, 0.05) is 19.1 Å². The van der Waals surface area contributed by atoms with Gasteiger partial charge in [-0.25, -0.2) is 0 Å². The van der Waals surface area contributed by atoms with Crippen LogP contribution in [0.5, 0.6) is 5.75 Å². The minimum Gasteiger partial charge on any atom is -0.493 e. The standard InChI is InChI=1S/C13H18N2O2.ClH/c14-11-6-8-15(10-11)13(16)7-9-17-12-4-2-1-3-5-12;/h1-5,11H,6-10,14H2;1H/t11-;/m0./s1. The van der Waals surface area contributed by atoms with Crippen LogP contribution in [0, 0.1) is 0 Å². The van der Waals surface area contributed by atoms with E-state index in [1.165, 1.54) is 0 Å². The highest BCUT2D eigenvalue weighted by Gasteiger charge is 2.22. The van der Waals surface area contributed by atoms with E-state index in [2.05, 4.69) is 0 Å². The summed E-state index contributed by atoms with van der Waals surface area (Å²) in [5.74, 6) is 0.937. The lowest BCUT2D eigenvalue weighted by atomic mass is 10.3. The Hall–Kier alpha value is -1.26. The number of amides is 1. The summed E-state index contributed by atoms with van der Waals surface area (Å²) in [5.41, 5.74) is 5.76. The number of nitrogens with two attached hydrogens (primary N) is 1. The van der Waals surface area contributed by atoms with Gasteiger partial charge in [0.15, 0.2) is 0 Å². The molecule has 0 spiro atoms. The molecule has 0 aliphatic carbocycles. The SMILES string of the molecule is Cl.N[C@H]1CCN(C(=O)CCOc2ccccc2)C1. The molecule has 18 heavy (non-hydrogen) atoms. The van der Waals surface area contributed by atoms with Crippen molar-refractivity contribution in [3.8, 4) is 5.75 Å². The number of hydrogen-bond acceptors (Lipinski definition) is 3. The van der Waals surface area contributed by atoms with Gasteiger partial charge in [0.1, 0.15) is 5.75 Å². The lowest BCUT2D eigenvalue weighted by Crippen LogP contribution is -2.32. The molecule has 1 heterocycles. The molecule has 0 unspecified atom stereocenters. The molecule has 1 aromatic rings. The van der Waals surface area contributed by atoms with E-state index < -0.39 is 0 Å². The van der Waals surface area contributed by atoms with E-state index in [1.54, 1.807) is 0 Å². The second-order valence-corrected chi connectivity index (χ2v) is 4.30. The predicted molar refractivity (Wildman–Crippen MR) is 73.0 cm³/mol. The van der Waals surface area contributed by atoms with Gasteiger partial charge in [0.2, 0.25) is 5.91 Å². The van der Waals surface area contributed by atoms with Crippen LogP contribution in [0.25, 0.3) is 0 Å². The molecule has 2 N–H and O–H groups in total. The van der Waals surface area contributed by atoms with Gasteiger partial charge >= 0.3 is 0 Å². The summed E-state index contributed by atoms with van der Waals surface area (Å²) in [4.78, 5) is 13.6. The molecule has 100 valence electrons. The molecule has 0 saturated carbocycles. The largest absolute Gasteiger partial charge is 0.493 e. The van der Waals surface area contributed by atoms with Crippen molar-refractivity contribution in [2.24, 2.45) is 5.73 Å². The molecule has 4 nitrogen and oxygen atoms in total. The van der Waals surface area contributed by atoms with Gasteiger partial charge < -0.3 is 15.4 Å². The molecular weight excluding hydrogens is 252 g/mol. The third-order valence-electron chi connectivity index (χ3n) is 2.91. The molecule has 1 saturated heterocycles. The van der Waals surface area contributed by atoms with Crippen molar-refractivity contribution in [1.82, 2.24) is 4.90 Å². The Morgan fingerprint density at radius 2 is 2.11 bits per heavy atom. The fourth-order valence-electron chi connectivity index (χ4n) is 1.94. The summed E-state index contributed by atoms with van der Waals surface area (Å²) < 4.78 is 5.48. The minimum absolute atomic E-state index is 0. The fraction of sp³-hybridized carbons (Fsp3) is 0.462. The maximum atomic E-state index is 11.8. The molecule has 5 heteroatoms. The molecule has 0 bridgehead atoms. The molecule has 1 aliphatic rings. The first kappa shape index (κ1) is 14.8. The van der Waals surface area contributed by atoms with Crippen LogP contribution in [0.4, 0.5) is 0 Å². The van der Waals surface area contributed by atoms with Gasteiger partial charge in [-0.3, -0.25) is 4.79 Å². The molecule has 1 fully saturated rings. The number of halogens is 1. The van der Waals surface area contributed by atoms with E-state index >= 15 is 0 Å². The zero-order chi connectivity index (χ0) is 12.1. The molecule has 0 aromatic heterocycles. The van der Waals surface area contributed by atoms with Crippen LogP contribution >= 0.6 is 12.4 Å². The van der Waals surface area contributed by atoms with Gasteiger partial charge in [-0.05, 0) is 18.6 Å². The van der Waals surface area contributed by atoms with Crippen molar-refractivity contribution in [3.05, 3.63) is 30.3 Å². The monoisotopic (exact) mass is 270 g/mol. The van der Waals surface area contributed by atoms with Gasteiger partial charge in [0.25, 0.3) is 0 Å². The second kappa shape index (κ2) is 7.24. The van der Waals surface area contributed by atoms with Crippen molar-refractivity contribution in [3.63, 3.8) is 0 Å². The fourth-order valence-corrected chi connectivity index (χ4v) is 1.94. The molecule has 1 atom stereocenters. The third kappa shape index (κ3) is 4.20. The lowest BCUT2D eigenvalue weighted by Gasteiger charge is -2.15. The summed E-state index contributed by atoms with van der Waals surface area (Å²) in [6.07, 6.45) is 1.33. The summed E-state index contributed by atoms with van der Waals surface area (Å²) >= 11 is 0. The molecule has 1 aromatic carbocycles. The number of para-hydroxylation sites is 1. The number of carbonyl (C=O) groups excluding carboxylic acids is 1. The van der Waals surface area contributed by atoms with Crippen LogP contribution in [0.15, 0.2) is 30.3 Å². The smallest absolute Gasteiger partial charge is 0.226 e. The summed E-state index contributed by atoms with van der Waals surface area (Å²) in [6.45, 7) is 1.89. The van der Waals surface area contributed by atoms with Crippen molar-refractivity contribution in [2.45, 2.75) is 18.9 Å². The third-order valence-corrected chi connectivity index (χ3v) is 2.91. The maximum Gasteiger partial charge on any atom is 0.226 e. The van der Waals surface area contributed by atoms with Crippen LogP contribution in [-0.2, 0) is 4.79 Å². The number of hydrogen-bond donors (Lipinski definition) is 1. The molecule has 2 rings (SSSR count). The first-order valence-electron chi connectivity index (χ1n) is 5.97. The first-order chi connectivity index (χ1) is 8.25. The van der Waals surface area contributed by atoms with Crippen LogP contribution in [0.1, 0.15) is 12.8 Å². The minimum atomic E-state index is 0. The highest BCUT2D eigenvalue weighted by atomic mass is 35.5. The normalized spacial score (nSPS) is 18.3. The van der Waals surface area contributed by atoms with Crippen molar-refractivity contribution < 1.29 is 9.53 Å². The van der Waals surface area contributed by atoms with Crippen LogP contribution in [-0.4, -0.2) is 36.5 Å². The Balaban J connectivity index is 0.00000162. The highest BCUT2D eigenvalue weighted by molar-refractivity contribution is 5.85. The Labute approximate surface area is 114 Å². The highest BCUT2D eigenvalue weighted by Crippen LogP contribution is 2.11. The number of benzene rings is 1. The van der Waals surface area contributed by atoms with Crippen LogP contribution < -0.4 is 10.5 Å². The van der Waals surface area contributed by atoms with Crippen LogP contribution in [0.2, 0.25) is 0 Å². The van der Waals surface area contributed by atoms with Crippen molar-refractivity contribution >= 4 is 18.3 Å². The summed E-state index contributed by atoms with van der Waals surface area (Å²) in [7, 11) is 0. The molecule has 1 amide bonds. The predicted octanol–water partition coefficient (Wildman–Crippen LogP) is 1.44. The summed E-state index contributed by atoms with van der Waals surface area (Å²) in [6, 6.07) is 9.68. The Bertz CT molecular complexity index is 373. The topological polar surface area (TPSA) is 55.6 Å². The molecular formula is C13H19ClN2O2. The molecule has 0 radical (unpaired) electrons. The number of carbonyl (C=O) groups is 1. The van der Waals surface area contributed by atoms with E-state index in [-0.39, 0.29) is 24.4 Å². The zero-order valence-corrected chi connectivity index (χ0v) is 11.1. The van der Waals surface area contributed by atoms with Crippen molar-refractivity contribution in [2.75, 3.05) is 19.7 Å². The Morgan fingerprint density at radius 3 is 2.72 bits per heavy atom. The van der Waals surface area contributed by atoms with Gasteiger partial charge in [0.05, 0.1) is 13.0 Å². The van der Waals surface area contributed by atoms with Gasteiger partial charge in [-0.1, -0.05) is 18.2 Å². The van der Waals surface area contributed by atoms with Gasteiger partial charge in [-0.2, -0.15) is 0 Å². The van der Waals surface area contributed by atoms with Crippen molar-refractivity contribution in [1.29, 1.82) is 0 Å². The van der Waals surface area contributed by atoms with E-state index in [4.69, 9.17) is 10.5 Å². The second-order valence-electron chi connectivity index (χ2n) is 4.30. The molecule has 1 aliphatic heterocycles. The average Bonchev–Trinajstić information content (AvgIpc) is 2.77. The number of rotatable bonds is 4. The van der Waals surface area contributed by atoms with E-state index in [9.17, 15) is 4.79 Å². The lowest BCUT2D eigenvalue weighted by molar-refractivity contribution is -0.130. The van der Waals surface area contributed by atoms with Crippen LogP contribution in [0.3, 0.4) is 0 Å². The van der Waals surface area contributed by atoms with E-state index in [0.29, 0.717) is 19.6 Å². The van der Waals surface area contributed by atoms with E-state index in [1.807, 2.05) is 35.2 Å². The summed E-state index contributed by atoms with van der Waals surface area (Å²) in [5, 5.41) is 0. The van der Waals surface area contributed by atoms with Gasteiger partial charge in [-0.15, -0.1) is 12.4 Å². The quantitative estimate of drug-likeness (QED) is 0.901. The Morgan fingerprint density at radius 1 is 1.39 bits per heavy atom. The maximum absolute atomic E-state index is 11.8. The number of likely N-dealkylation sites (tertiary alicyclic amines) is 1.